The summed E-state index contributed by atoms with van der Waals surface area (Å²) in [7, 11) is 3.25. The first-order chi connectivity index (χ1) is 18.8. The van der Waals surface area contributed by atoms with Crippen LogP contribution in [0, 0.1) is 5.41 Å². The molecule has 1 aliphatic heterocycles. The van der Waals surface area contributed by atoms with Gasteiger partial charge in [-0.15, -0.1) is 11.8 Å². The van der Waals surface area contributed by atoms with Crippen LogP contribution in [0.15, 0.2) is 53.6 Å². The number of para-hydroxylation sites is 1. The van der Waals surface area contributed by atoms with Gasteiger partial charge < -0.3 is 19.5 Å². The molecule has 0 aliphatic carbocycles. The number of nitrogens with zero attached hydrogens (tertiary/aromatic N) is 2. The Labute approximate surface area is 238 Å². The summed E-state index contributed by atoms with van der Waals surface area (Å²) in [5, 5.41) is 10.6. The quantitative estimate of drug-likeness (QED) is 0.168. The normalized spacial score (nSPS) is 16.2. The van der Waals surface area contributed by atoms with Gasteiger partial charge in [0.25, 0.3) is 0 Å². The van der Waals surface area contributed by atoms with E-state index in [2.05, 4.69) is 16.0 Å². The van der Waals surface area contributed by atoms with Crippen molar-refractivity contribution in [2.45, 2.75) is 49.6 Å². The number of carboxylic acid groups (broad SMARTS) is 1. The Balaban J connectivity index is 1.34. The maximum atomic E-state index is 15.8. The van der Waals surface area contributed by atoms with Crippen molar-refractivity contribution in [1.82, 2.24) is 9.88 Å². The van der Waals surface area contributed by atoms with Gasteiger partial charge in [-0.2, -0.15) is 0 Å². The molecular formula is C30H36ClFN2O4S. The van der Waals surface area contributed by atoms with Crippen molar-refractivity contribution >= 4 is 40.2 Å². The molecule has 0 unspecified atom stereocenters. The number of likely N-dealkylation sites (tertiary alicyclic amines) is 1. The maximum absolute atomic E-state index is 15.8. The number of benzene rings is 2. The average Bonchev–Trinajstić information content (AvgIpc) is 2.94. The molecule has 210 valence electrons. The second-order valence-electron chi connectivity index (χ2n) is 10.2. The van der Waals surface area contributed by atoms with E-state index in [1.807, 2.05) is 18.2 Å². The minimum Gasteiger partial charge on any atom is -0.497 e. The third kappa shape index (κ3) is 7.56. The molecule has 1 saturated heterocycles. The number of fused-ring (bicyclic) bond motifs is 1. The van der Waals surface area contributed by atoms with E-state index < -0.39 is 17.6 Å². The zero-order chi connectivity index (χ0) is 27.8. The molecule has 1 aliphatic rings. The number of hydrogen-bond donors (Lipinski definition) is 1. The molecule has 1 aromatic heterocycles. The Bertz CT molecular complexity index is 1270. The molecule has 0 bridgehead atoms. The summed E-state index contributed by atoms with van der Waals surface area (Å²) < 4.78 is 26.5. The van der Waals surface area contributed by atoms with Crippen LogP contribution >= 0.6 is 23.4 Å². The standard InChI is InChI=1S/C30H36ClFN2O4S/c1-37-21-8-9-25-22(18-21)29(23(31)20-33-25)24(32)10-11-30(19-28(35)36)12-15-34(16-13-30)14-5-17-39-27-7-4-3-6-26(27)38-2/h3-4,6-9,18,20,24H,5,10-17,19H2,1-2H3,(H,35,36)/t24-/m0/s1. The lowest BCUT2D eigenvalue weighted by Gasteiger charge is -2.41. The van der Waals surface area contributed by atoms with E-state index >= 15 is 4.39 Å². The lowest BCUT2D eigenvalue weighted by atomic mass is 9.71. The van der Waals surface area contributed by atoms with E-state index in [0.29, 0.717) is 28.6 Å². The number of halogens is 2. The topological polar surface area (TPSA) is 71.9 Å². The summed E-state index contributed by atoms with van der Waals surface area (Å²) in [6.07, 6.45) is 3.41. The fraction of sp³-hybridized carbons (Fsp3) is 0.467. The van der Waals surface area contributed by atoms with Gasteiger partial charge in [0.2, 0.25) is 0 Å². The van der Waals surface area contributed by atoms with Crippen LogP contribution in [-0.2, 0) is 4.79 Å². The predicted molar refractivity (Wildman–Crippen MR) is 155 cm³/mol. The van der Waals surface area contributed by atoms with Gasteiger partial charge in [0.05, 0.1) is 31.2 Å². The predicted octanol–water partition coefficient (Wildman–Crippen LogP) is 7.44. The van der Waals surface area contributed by atoms with Gasteiger partial charge in [0.1, 0.15) is 17.7 Å². The van der Waals surface area contributed by atoms with Gasteiger partial charge in [-0.3, -0.25) is 9.78 Å². The van der Waals surface area contributed by atoms with E-state index in [9.17, 15) is 9.90 Å². The van der Waals surface area contributed by atoms with Crippen LogP contribution in [-0.4, -0.2) is 60.6 Å². The van der Waals surface area contributed by atoms with E-state index in [0.717, 1.165) is 55.3 Å². The summed E-state index contributed by atoms with van der Waals surface area (Å²) >= 11 is 8.20. The third-order valence-electron chi connectivity index (χ3n) is 7.70. The fourth-order valence-corrected chi connectivity index (χ4v) is 6.72. The minimum absolute atomic E-state index is 0.0514. The second-order valence-corrected chi connectivity index (χ2v) is 11.7. The van der Waals surface area contributed by atoms with Crippen molar-refractivity contribution in [2.24, 2.45) is 5.41 Å². The van der Waals surface area contributed by atoms with Gasteiger partial charge >= 0.3 is 5.97 Å². The van der Waals surface area contributed by atoms with E-state index in [4.69, 9.17) is 21.1 Å². The summed E-state index contributed by atoms with van der Waals surface area (Å²) in [6.45, 7) is 2.59. The molecule has 1 fully saturated rings. The number of rotatable bonds is 13. The van der Waals surface area contributed by atoms with E-state index in [1.54, 1.807) is 44.2 Å². The molecule has 2 aromatic carbocycles. The van der Waals surface area contributed by atoms with Crippen molar-refractivity contribution < 1.29 is 23.8 Å². The highest BCUT2D eigenvalue weighted by Gasteiger charge is 2.37. The number of pyridine rings is 1. The Kier molecular flexibility index (Phi) is 10.3. The highest BCUT2D eigenvalue weighted by atomic mass is 35.5. The molecule has 3 aromatic rings. The first-order valence-electron chi connectivity index (χ1n) is 13.3. The fourth-order valence-electron chi connectivity index (χ4n) is 5.49. The van der Waals surface area contributed by atoms with Crippen molar-refractivity contribution in [3.8, 4) is 11.5 Å². The average molecular weight is 575 g/mol. The molecule has 9 heteroatoms. The van der Waals surface area contributed by atoms with Gasteiger partial charge in [-0.05, 0) is 93.2 Å². The van der Waals surface area contributed by atoms with Crippen molar-refractivity contribution in [2.75, 3.05) is 39.6 Å². The van der Waals surface area contributed by atoms with Crippen LogP contribution in [0.1, 0.15) is 50.3 Å². The molecule has 4 rings (SSSR count). The molecule has 2 heterocycles. The molecule has 0 spiro atoms. The van der Waals surface area contributed by atoms with Crippen LogP contribution in [0.2, 0.25) is 5.02 Å². The summed E-state index contributed by atoms with van der Waals surface area (Å²) in [6, 6.07) is 13.4. The van der Waals surface area contributed by atoms with E-state index in [-0.39, 0.29) is 17.9 Å². The van der Waals surface area contributed by atoms with Crippen LogP contribution in [0.25, 0.3) is 10.9 Å². The lowest BCUT2D eigenvalue weighted by Crippen LogP contribution is -2.41. The number of carboxylic acids is 1. The van der Waals surface area contributed by atoms with Crippen LogP contribution < -0.4 is 9.47 Å². The van der Waals surface area contributed by atoms with Gasteiger partial charge in [0.15, 0.2) is 0 Å². The SMILES string of the molecule is COc1ccc2ncc(Cl)c([C@@H](F)CCC3(CC(=O)O)CCN(CCCSc4ccccc4OC)CC3)c2c1. The van der Waals surface area contributed by atoms with Gasteiger partial charge in [-0.25, -0.2) is 4.39 Å². The smallest absolute Gasteiger partial charge is 0.303 e. The first-order valence-corrected chi connectivity index (χ1v) is 14.7. The van der Waals surface area contributed by atoms with Crippen LogP contribution in [0.3, 0.4) is 0 Å². The number of methoxy groups -OCH3 is 2. The first kappa shape index (κ1) is 29.4. The number of aliphatic carboxylic acids is 1. The molecule has 6 nitrogen and oxygen atoms in total. The molecule has 0 saturated carbocycles. The largest absolute Gasteiger partial charge is 0.497 e. The molecular weight excluding hydrogens is 539 g/mol. The van der Waals surface area contributed by atoms with Gasteiger partial charge in [0, 0.05) is 22.0 Å². The number of ether oxygens (including phenoxy) is 2. The Morgan fingerprint density at radius 3 is 2.69 bits per heavy atom. The summed E-state index contributed by atoms with van der Waals surface area (Å²) in [4.78, 5) is 19.7. The van der Waals surface area contributed by atoms with Crippen molar-refractivity contribution in [1.29, 1.82) is 0 Å². The Morgan fingerprint density at radius 1 is 1.21 bits per heavy atom. The number of piperidine rings is 1. The highest BCUT2D eigenvalue weighted by Crippen LogP contribution is 2.44. The molecule has 1 atom stereocenters. The molecule has 39 heavy (non-hydrogen) atoms. The zero-order valence-corrected chi connectivity index (χ0v) is 24.1. The zero-order valence-electron chi connectivity index (χ0n) is 22.5. The van der Waals surface area contributed by atoms with Crippen LogP contribution in [0.4, 0.5) is 4.39 Å². The van der Waals surface area contributed by atoms with Crippen LogP contribution in [0.5, 0.6) is 11.5 Å². The van der Waals surface area contributed by atoms with E-state index in [1.165, 1.54) is 6.20 Å². The minimum atomic E-state index is -1.33. The summed E-state index contributed by atoms with van der Waals surface area (Å²) in [5.41, 5.74) is 0.623. The molecule has 0 amide bonds. The van der Waals surface area contributed by atoms with Crippen molar-refractivity contribution in [3.05, 3.63) is 59.2 Å². The number of thioether (sulfide) groups is 1. The highest BCUT2D eigenvalue weighted by molar-refractivity contribution is 7.99. The molecule has 1 N–H and O–H groups in total. The second kappa shape index (κ2) is 13.7. The van der Waals surface area contributed by atoms with Crippen molar-refractivity contribution in [3.63, 3.8) is 0 Å². The Hall–Kier alpha value is -2.55. The monoisotopic (exact) mass is 574 g/mol. The Morgan fingerprint density at radius 2 is 1.97 bits per heavy atom. The van der Waals surface area contributed by atoms with Gasteiger partial charge in [-0.1, -0.05) is 23.7 Å². The third-order valence-corrected chi connectivity index (χ3v) is 9.14. The summed E-state index contributed by atoms with van der Waals surface area (Å²) in [5.74, 6) is 1.65. The lowest BCUT2D eigenvalue weighted by molar-refractivity contribution is -0.141. The maximum Gasteiger partial charge on any atom is 0.303 e. The number of carbonyl (C=O) groups is 1. The molecule has 0 radical (unpaired) electrons. The number of aromatic nitrogens is 1. The number of hydrogen-bond acceptors (Lipinski definition) is 6. The number of alkyl halides is 1.